The first-order valence-corrected chi connectivity index (χ1v) is 7.19. The SMILES string of the molecule is CCCNC1(C(=O)OC)CCC(OC2CCC2)C1. The third kappa shape index (κ3) is 2.86. The average molecular weight is 255 g/mol. The summed E-state index contributed by atoms with van der Waals surface area (Å²) in [6.07, 6.45) is 7.89. The molecule has 0 aromatic carbocycles. The summed E-state index contributed by atoms with van der Waals surface area (Å²) in [6, 6.07) is 0. The summed E-state index contributed by atoms with van der Waals surface area (Å²) in [6.45, 7) is 2.96. The maximum atomic E-state index is 12.0. The molecule has 18 heavy (non-hydrogen) atoms. The number of methoxy groups -OCH3 is 1. The smallest absolute Gasteiger partial charge is 0.326 e. The number of nitrogens with one attached hydrogen (secondary N) is 1. The molecule has 0 heterocycles. The summed E-state index contributed by atoms with van der Waals surface area (Å²) in [4.78, 5) is 12.0. The lowest BCUT2D eigenvalue weighted by molar-refractivity contribution is -0.149. The van der Waals surface area contributed by atoms with Gasteiger partial charge in [-0.05, 0) is 45.1 Å². The Bertz CT molecular complexity index is 291. The molecule has 4 heteroatoms. The van der Waals surface area contributed by atoms with Crippen LogP contribution in [0.4, 0.5) is 0 Å². The summed E-state index contributed by atoms with van der Waals surface area (Å²) in [5.41, 5.74) is -0.501. The van der Waals surface area contributed by atoms with Crippen LogP contribution in [0.1, 0.15) is 51.9 Å². The van der Waals surface area contributed by atoms with Gasteiger partial charge in [0.2, 0.25) is 0 Å². The van der Waals surface area contributed by atoms with Gasteiger partial charge in [-0.15, -0.1) is 0 Å². The molecular formula is C14H25NO3. The van der Waals surface area contributed by atoms with Gasteiger partial charge < -0.3 is 14.8 Å². The van der Waals surface area contributed by atoms with Crippen LogP contribution >= 0.6 is 0 Å². The largest absolute Gasteiger partial charge is 0.468 e. The van der Waals surface area contributed by atoms with Crippen LogP contribution in [-0.4, -0.2) is 37.4 Å². The van der Waals surface area contributed by atoms with Crippen molar-refractivity contribution < 1.29 is 14.3 Å². The number of hydrogen-bond donors (Lipinski definition) is 1. The number of carbonyl (C=O) groups is 1. The number of carbonyl (C=O) groups excluding carboxylic acids is 1. The van der Waals surface area contributed by atoms with Crippen molar-refractivity contribution in [3.63, 3.8) is 0 Å². The lowest BCUT2D eigenvalue weighted by Gasteiger charge is -2.31. The van der Waals surface area contributed by atoms with E-state index in [-0.39, 0.29) is 12.1 Å². The highest BCUT2D eigenvalue weighted by Gasteiger charge is 2.47. The fourth-order valence-electron chi connectivity index (χ4n) is 2.87. The minimum atomic E-state index is -0.501. The van der Waals surface area contributed by atoms with Crippen molar-refractivity contribution in [3.05, 3.63) is 0 Å². The first-order chi connectivity index (χ1) is 8.70. The van der Waals surface area contributed by atoms with Crippen molar-refractivity contribution in [3.8, 4) is 0 Å². The number of ether oxygens (including phenoxy) is 2. The molecule has 0 aromatic heterocycles. The summed E-state index contributed by atoms with van der Waals surface area (Å²) in [7, 11) is 1.47. The molecular weight excluding hydrogens is 230 g/mol. The highest BCUT2D eigenvalue weighted by Crippen LogP contribution is 2.36. The van der Waals surface area contributed by atoms with E-state index >= 15 is 0 Å². The van der Waals surface area contributed by atoms with Crippen molar-refractivity contribution in [1.29, 1.82) is 0 Å². The van der Waals surface area contributed by atoms with Crippen LogP contribution in [-0.2, 0) is 14.3 Å². The topological polar surface area (TPSA) is 47.6 Å². The number of hydrogen-bond acceptors (Lipinski definition) is 4. The van der Waals surface area contributed by atoms with Gasteiger partial charge in [-0.3, -0.25) is 4.79 Å². The molecule has 0 amide bonds. The second-order valence-electron chi connectivity index (χ2n) is 5.55. The highest BCUT2D eigenvalue weighted by molar-refractivity contribution is 5.81. The van der Waals surface area contributed by atoms with Crippen molar-refractivity contribution >= 4 is 5.97 Å². The summed E-state index contributed by atoms with van der Waals surface area (Å²) in [5, 5.41) is 3.38. The zero-order valence-corrected chi connectivity index (χ0v) is 11.5. The Hall–Kier alpha value is -0.610. The summed E-state index contributed by atoms with van der Waals surface area (Å²) in [5.74, 6) is -0.129. The molecule has 2 fully saturated rings. The summed E-state index contributed by atoms with van der Waals surface area (Å²) >= 11 is 0. The predicted octanol–water partition coefficient (Wildman–Crippen LogP) is 2.02. The molecule has 0 spiro atoms. The standard InChI is InChI=1S/C14H25NO3/c1-3-9-15-14(13(16)17-2)8-7-12(10-14)18-11-5-4-6-11/h11-12,15H,3-10H2,1-2H3. The molecule has 0 aromatic rings. The van der Waals surface area contributed by atoms with Gasteiger partial charge in [-0.1, -0.05) is 6.92 Å². The van der Waals surface area contributed by atoms with Crippen molar-refractivity contribution in [1.82, 2.24) is 5.32 Å². The molecule has 0 radical (unpaired) electrons. The first kappa shape index (κ1) is 13.8. The van der Waals surface area contributed by atoms with Gasteiger partial charge in [-0.2, -0.15) is 0 Å². The fraction of sp³-hybridized carbons (Fsp3) is 0.929. The van der Waals surface area contributed by atoms with E-state index in [0.717, 1.165) is 32.2 Å². The molecule has 2 saturated carbocycles. The maximum absolute atomic E-state index is 12.0. The van der Waals surface area contributed by atoms with E-state index in [1.807, 2.05) is 0 Å². The van der Waals surface area contributed by atoms with Crippen molar-refractivity contribution in [2.45, 2.75) is 69.6 Å². The highest BCUT2D eigenvalue weighted by atomic mass is 16.5. The van der Waals surface area contributed by atoms with Crippen LogP contribution in [0.2, 0.25) is 0 Å². The van der Waals surface area contributed by atoms with Crippen LogP contribution in [0.15, 0.2) is 0 Å². The lowest BCUT2D eigenvalue weighted by Crippen LogP contribution is -2.51. The Kier molecular flexibility index (Phi) is 4.62. The Morgan fingerprint density at radius 2 is 2.11 bits per heavy atom. The number of rotatable bonds is 6. The van der Waals surface area contributed by atoms with Gasteiger partial charge >= 0.3 is 5.97 Å². The summed E-state index contributed by atoms with van der Waals surface area (Å²) < 4.78 is 11.0. The van der Waals surface area contributed by atoms with Gasteiger partial charge in [0.15, 0.2) is 0 Å². The molecule has 0 saturated heterocycles. The molecule has 104 valence electrons. The molecule has 2 rings (SSSR count). The lowest BCUT2D eigenvalue weighted by atomic mass is 9.95. The van der Waals surface area contributed by atoms with Crippen LogP contribution in [0, 0.1) is 0 Å². The van der Waals surface area contributed by atoms with E-state index in [1.165, 1.54) is 26.4 Å². The third-order valence-electron chi connectivity index (χ3n) is 4.20. The predicted molar refractivity (Wildman–Crippen MR) is 69.4 cm³/mol. The minimum Gasteiger partial charge on any atom is -0.468 e. The first-order valence-electron chi connectivity index (χ1n) is 7.19. The normalized spacial score (nSPS) is 32.2. The molecule has 0 bridgehead atoms. The fourth-order valence-corrected chi connectivity index (χ4v) is 2.87. The average Bonchev–Trinajstić information content (AvgIpc) is 2.75. The molecule has 4 nitrogen and oxygen atoms in total. The van der Waals surface area contributed by atoms with Crippen molar-refractivity contribution in [2.24, 2.45) is 0 Å². The van der Waals surface area contributed by atoms with Crippen LogP contribution in [0.5, 0.6) is 0 Å². The van der Waals surface area contributed by atoms with Gasteiger partial charge in [0.25, 0.3) is 0 Å². The van der Waals surface area contributed by atoms with E-state index < -0.39 is 5.54 Å². The Morgan fingerprint density at radius 3 is 2.67 bits per heavy atom. The van der Waals surface area contributed by atoms with E-state index in [2.05, 4.69) is 12.2 Å². The molecule has 1 N–H and O–H groups in total. The molecule has 2 aliphatic rings. The number of esters is 1. The maximum Gasteiger partial charge on any atom is 0.326 e. The van der Waals surface area contributed by atoms with Gasteiger partial charge in [0.1, 0.15) is 5.54 Å². The Labute approximate surface area is 109 Å². The monoisotopic (exact) mass is 255 g/mol. The Morgan fingerprint density at radius 1 is 1.33 bits per heavy atom. The molecule has 2 unspecified atom stereocenters. The van der Waals surface area contributed by atoms with Crippen LogP contribution < -0.4 is 5.32 Å². The second-order valence-corrected chi connectivity index (χ2v) is 5.55. The zero-order chi connectivity index (χ0) is 13.0. The van der Waals surface area contributed by atoms with Crippen molar-refractivity contribution in [2.75, 3.05) is 13.7 Å². The van der Waals surface area contributed by atoms with E-state index in [4.69, 9.17) is 9.47 Å². The Balaban J connectivity index is 1.91. The van der Waals surface area contributed by atoms with E-state index in [0.29, 0.717) is 6.10 Å². The molecule has 0 aliphatic heterocycles. The molecule has 2 aliphatic carbocycles. The third-order valence-corrected chi connectivity index (χ3v) is 4.20. The van der Waals surface area contributed by atoms with Crippen LogP contribution in [0.25, 0.3) is 0 Å². The van der Waals surface area contributed by atoms with E-state index in [9.17, 15) is 4.79 Å². The van der Waals surface area contributed by atoms with Gasteiger partial charge in [0.05, 0.1) is 19.3 Å². The van der Waals surface area contributed by atoms with Gasteiger partial charge in [0, 0.05) is 6.42 Å². The van der Waals surface area contributed by atoms with E-state index in [1.54, 1.807) is 0 Å². The quantitative estimate of drug-likeness (QED) is 0.738. The molecule has 2 atom stereocenters. The second kappa shape index (κ2) is 6.02. The minimum absolute atomic E-state index is 0.129. The van der Waals surface area contributed by atoms with Crippen LogP contribution in [0.3, 0.4) is 0 Å². The van der Waals surface area contributed by atoms with Gasteiger partial charge in [-0.25, -0.2) is 0 Å². The zero-order valence-electron chi connectivity index (χ0n) is 11.5.